The van der Waals surface area contributed by atoms with Gasteiger partial charge >= 0.3 is 0 Å². The van der Waals surface area contributed by atoms with Crippen molar-refractivity contribution in [3.63, 3.8) is 0 Å². The minimum Gasteiger partial charge on any atom is -0.371 e. The fraction of sp³-hybridized carbons (Fsp3) is 0.647. The molecule has 1 saturated heterocycles. The van der Waals surface area contributed by atoms with E-state index in [0.717, 1.165) is 12.5 Å². The molecule has 1 aromatic rings. The average Bonchev–Trinajstić information content (AvgIpc) is 2.45. The van der Waals surface area contributed by atoms with E-state index in [-0.39, 0.29) is 0 Å². The van der Waals surface area contributed by atoms with E-state index in [2.05, 4.69) is 55.3 Å². The highest BCUT2D eigenvalue weighted by molar-refractivity contribution is 5.55. The predicted molar refractivity (Wildman–Crippen MR) is 83.8 cm³/mol. The number of rotatable bonds is 5. The van der Waals surface area contributed by atoms with E-state index in [1.54, 1.807) is 0 Å². The fourth-order valence-electron chi connectivity index (χ4n) is 2.86. The molecule has 1 heterocycles. The van der Waals surface area contributed by atoms with Crippen molar-refractivity contribution in [1.29, 1.82) is 0 Å². The van der Waals surface area contributed by atoms with Gasteiger partial charge in [0.1, 0.15) is 0 Å². The summed E-state index contributed by atoms with van der Waals surface area (Å²) in [6, 6.07) is 9.34. The van der Waals surface area contributed by atoms with Gasteiger partial charge in [0.05, 0.1) is 0 Å². The summed E-state index contributed by atoms with van der Waals surface area (Å²) in [4.78, 5) is 2.57. The third kappa shape index (κ3) is 3.73. The van der Waals surface area contributed by atoms with Crippen LogP contribution in [-0.2, 0) is 0 Å². The second-order valence-corrected chi connectivity index (χ2v) is 5.90. The van der Waals surface area contributed by atoms with Gasteiger partial charge in [-0.2, -0.15) is 0 Å². The fourth-order valence-corrected chi connectivity index (χ4v) is 2.86. The van der Waals surface area contributed by atoms with Gasteiger partial charge in [-0.1, -0.05) is 32.0 Å². The Kier molecular flexibility index (Phi) is 5.26. The molecule has 2 heteroatoms. The van der Waals surface area contributed by atoms with Crippen LogP contribution in [0.4, 0.5) is 5.69 Å². The van der Waals surface area contributed by atoms with E-state index in [4.69, 9.17) is 0 Å². The van der Waals surface area contributed by atoms with Crippen molar-refractivity contribution < 1.29 is 0 Å². The van der Waals surface area contributed by atoms with Crippen molar-refractivity contribution in [2.45, 2.75) is 46.1 Å². The Labute approximate surface area is 118 Å². The predicted octanol–water partition coefficient (Wildman–Crippen LogP) is 3.98. The van der Waals surface area contributed by atoms with E-state index in [0.29, 0.717) is 6.04 Å². The van der Waals surface area contributed by atoms with Gasteiger partial charge in [0.15, 0.2) is 0 Å². The quantitative estimate of drug-likeness (QED) is 0.861. The lowest BCUT2D eigenvalue weighted by Crippen LogP contribution is -2.34. The summed E-state index contributed by atoms with van der Waals surface area (Å²) in [6.45, 7) is 10.4. The van der Waals surface area contributed by atoms with Gasteiger partial charge in [0, 0.05) is 24.8 Å². The third-order valence-corrected chi connectivity index (χ3v) is 4.23. The highest BCUT2D eigenvalue weighted by Gasteiger charge is 2.19. The van der Waals surface area contributed by atoms with Gasteiger partial charge in [-0.3, -0.25) is 0 Å². The molecule has 0 radical (unpaired) electrons. The van der Waals surface area contributed by atoms with Crippen LogP contribution < -0.4 is 10.2 Å². The Morgan fingerprint density at radius 2 is 1.95 bits per heavy atom. The van der Waals surface area contributed by atoms with Crippen LogP contribution in [0, 0.1) is 5.92 Å². The smallest absolute Gasteiger partial charge is 0.0414 e. The Bertz CT molecular complexity index is 381. The summed E-state index contributed by atoms with van der Waals surface area (Å²) in [6.07, 6.45) is 3.84. The monoisotopic (exact) mass is 260 g/mol. The van der Waals surface area contributed by atoms with Gasteiger partial charge in [-0.15, -0.1) is 0 Å². The van der Waals surface area contributed by atoms with Crippen LogP contribution in [0.15, 0.2) is 24.3 Å². The molecule has 1 atom stereocenters. The summed E-state index contributed by atoms with van der Waals surface area (Å²) in [5.41, 5.74) is 2.89. The summed E-state index contributed by atoms with van der Waals surface area (Å²) in [7, 11) is 0. The molecule has 2 nitrogen and oxygen atoms in total. The molecule has 1 N–H and O–H groups in total. The summed E-state index contributed by atoms with van der Waals surface area (Å²) >= 11 is 0. The van der Waals surface area contributed by atoms with Crippen LogP contribution in [0.1, 0.15) is 51.6 Å². The molecule has 1 aromatic carbocycles. The Balaban J connectivity index is 2.11. The number of benzene rings is 1. The number of hydrogen-bond donors (Lipinski definition) is 1. The van der Waals surface area contributed by atoms with Crippen LogP contribution in [0.2, 0.25) is 0 Å². The minimum atomic E-state index is 0.440. The van der Waals surface area contributed by atoms with Crippen molar-refractivity contribution in [2.75, 3.05) is 24.5 Å². The molecule has 0 aromatic heterocycles. The molecular weight excluding hydrogens is 232 g/mol. The van der Waals surface area contributed by atoms with Gasteiger partial charge in [0.2, 0.25) is 0 Å². The molecule has 0 saturated carbocycles. The van der Waals surface area contributed by atoms with Crippen LogP contribution in [-0.4, -0.2) is 19.6 Å². The zero-order chi connectivity index (χ0) is 13.7. The van der Waals surface area contributed by atoms with Gasteiger partial charge < -0.3 is 10.2 Å². The van der Waals surface area contributed by atoms with Crippen LogP contribution in [0.25, 0.3) is 0 Å². The summed E-state index contributed by atoms with van der Waals surface area (Å²) in [5.74, 6) is 0.888. The lowest BCUT2D eigenvalue weighted by molar-refractivity contribution is 0.437. The lowest BCUT2D eigenvalue weighted by atomic mass is 9.97. The molecule has 0 spiro atoms. The second kappa shape index (κ2) is 6.95. The first kappa shape index (κ1) is 14.4. The molecule has 1 fully saturated rings. The summed E-state index contributed by atoms with van der Waals surface area (Å²) < 4.78 is 0. The maximum atomic E-state index is 3.61. The maximum Gasteiger partial charge on any atom is 0.0414 e. The first-order valence-electron chi connectivity index (χ1n) is 7.79. The van der Waals surface area contributed by atoms with E-state index in [1.807, 2.05) is 0 Å². The topological polar surface area (TPSA) is 15.3 Å². The van der Waals surface area contributed by atoms with E-state index >= 15 is 0 Å². The normalized spacial score (nSPS) is 18.6. The summed E-state index contributed by atoms with van der Waals surface area (Å²) in [5, 5.41) is 3.61. The zero-order valence-corrected chi connectivity index (χ0v) is 12.7. The van der Waals surface area contributed by atoms with E-state index < -0.39 is 0 Å². The first-order valence-corrected chi connectivity index (χ1v) is 7.79. The van der Waals surface area contributed by atoms with E-state index in [1.165, 1.54) is 43.6 Å². The first-order chi connectivity index (χ1) is 9.22. The SMILES string of the molecule is CCCNC(C)c1ccccc1N1CCC(C)CC1. The van der Waals surface area contributed by atoms with Crippen molar-refractivity contribution in [3.8, 4) is 0 Å². The van der Waals surface area contributed by atoms with Crippen molar-refractivity contribution in [1.82, 2.24) is 5.32 Å². The number of nitrogens with zero attached hydrogens (tertiary/aromatic N) is 1. The van der Waals surface area contributed by atoms with Crippen LogP contribution in [0.3, 0.4) is 0 Å². The largest absolute Gasteiger partial charge is 0.371 e. The van der Waals surface area contributed by atoms with Gasteiger partial charge in [0.25, 0.3) is 0 Å². The highest BCUT2D eigenvalue weighted by Crippen LogP contribution is 2.29. The number of hydrogen-bond acceptors (Lipinski definition) is 2. The molecule has 1 aliphatic rings. The molecule has 0 amide bonds. The second-order valence-electron chi connectivity index (χ2n) is 5.90. The molecule has 1 aliphatic heterocycles. The minimum absolute atomic E-state index is 0.440. The molecule has 106 valence electrons. The Hall–Kier alpha value is -1.02. The van der Waals surface area contributed by atoms with Crippen LogP contribution in [0.5, 0.6) is 0 Å². The lowest BCUT2D eigenvalue weighted by Gasteiger charge is -2.34. The number of nitrogens with one attached hydrogen (secondary N) is 1. The van der Waals surface area contributed by atoms with Gasteiger partial charge in [-0.05, 0) is 50.3 Å². The molecule has 19 heavy (non-hydrogen) atoms. The number of anilines is 1. The molecular formula is C17H28N2. The van der Waals surface area contributed by atoms with Gasteiger partial charge in [-0.25, -0.2) is 0 Å². The van der Waals surface area contributed by atoms with Crippen LogP contribution >= 0.6 is 0 Å². The standard InChI is InChI=1S/C17H28N2/c1-4-11-18-15(3)16-7-5-6-8-17(16)19-12-9-14(2)10-13-19/h5-8,14-15,18H,4,9-13H2,1-3H3. The average molecular weight is 260 g/mol. The zero-order valence-electron chi connectivity index (χ0n) is 12.7. The van der Waals surface area contributed by atoms with Crippen molar-refractivity contribution >= 4 is 5.69 Å². The molecule has 1 unspecified atom stereocenters. The Morgan fingerprint density at radius 1 is 1.26 bits per heavy atom. The Morgan fingerprint density at radius 3 is 2.63 bits per heavy atom. The van der Waals surface area contributed by atoms with E-state index in [9.17, 15) is 0 Å². The molecule has 0 bridgehead atoms. The highest BCUT2D eigenvalue weighted by atomic mass is 15.1. The third-order valence-electron chi connectivity index (χ3n) is 4.23. The maximum absolute atomic E-state index is 3.61. The molecule has 0 aliphatic carbocycles. The number of piperidine rings is 1. The van der Waals surface area contributed by atoms with Crippen molar-refractivity contribution in [2.24, 2.45) is 5.92 Å². The molecule has 2 rings (SSSR count). The number of para-hydroxylation sites is 1. The van der Waals surface area contributed by atoms with Crippen molar-refractivity contribution in [3.05, 3.63) is 29.8 Å².